The van der Waals surface area contributed by atoms with Crippen molar-refractivity contribution in [3.05, 3.63) is 0 Å². The molecule has 0 aliphatic rings. The van der Waals surface area contributed by atoms with Crippen molar-refractivity contribution >= 4 is 16.2 Å². The van der Waals surface area contributed by atoms with Crippen molar-refractivity contribution in [2.24, 2.45) is 5.92 Å². The molecule has 0 unspecified atom stereocenters. The Morgan fingerprint density at radius 2 is 2.05 bits per heavy atom. The van der Waals surface area contributed by atoms with Crippen LogP contribution in [-0.2, 0) is 15.0 Å². The smallest absolute Gasteiger partial charge is 0.321 e. The molecular formula is C11H21N3O4S. The van der Waals surface area contributed by atoms with Crippen LogP contribution in [0.1, 0.15) is 33.6 Å². The molecule has 0 aliphatic heterocycles. The number of hydrogen-bond acceptors (Lipinski definition) is 4. The molecule has 0 radical (unpaired) electrons. The van der Waals surface area contributed by atoms with Crippen molar-refractivity contribution in [3.8, 4) is 6.07 Å². The first-order valence-electron chi connectivity index (χ1n) is 6.11. The van der Waals surface area contributed by atoms with Gasteiger partial charge in [0.1, 0.15) is 6.04 Å². The first-order valence-corrected chi connectivity index (χ1v) is 7.55. The molecule has 7 nitrogen and oxygen atoms in total. The topological polar surface area (TPSA) is 111 Å². The Hall–Kier alpha value is -1.17. The summed E-state index contributed by atoms with van der Waals surface area (Å²) in [5.74, 6) is -1.15. The van der Waals surface area contributed by atoms with E-state index in [0.717, 1.165) is 4.31 Å². The molecule has 0 aromatic rings. The molecule has 19 heavy (non-hydrogen) atoms. The molecule has 0 bridgehead atoms. The van der Waals surface area contributed by atoms with Gasteiger partial charge in [0.15, 0.2) is 0 Å². The normalized spacial score (nSPS) is 13.5. The Kier molecular flexibility index (Phi) is 7.59. The molecule has 0 aliphatic carbocycles. The van der Waals surface area contributed by atoms with Crippen molar-refractivity contribution < 1.29 is 18.3 Å². The van der Waals surface area contributed by atoms with E-state index in [1.807, 2.05) is 19.9 Å². The summed E-state index contributed by atoms with van der Waals surface area (Å²) in [4.78, 5) is 11.0. The number of carboxylic acid groups (broad SMARTS) is 1. The van der Waals surface area contributed by atoms with E-state index in [1.54, 1.807) is 6.92 Å². The van der Waals surface area contributed by atoms with E-state index in [9.17, 15) is 13.2 Å². The van der Waals surface area contributed by atoms with Gasteiger partial charge in [0.2, 0.25) is 0 Å². The molecule has 0 spiro atoms. The predicted octanol–water partition coefficient (Wildman–Crippen LogP) is 0.556. The monoisotopic (exact) mass is 291 g/mol. The lowest BCUT2D eigenvalue weighted by molar-refractivity contribution is -0.139. The molecule has 110 valence electrons. The molecular weight excluding hydrogens is 270 g/mol. The maximum atomic E-state index is 12.0. The third-order valence-corrected chi connectivity index (χ3v) is 4.17. The number of rotatable bonds is 9. The van der Waals surface area contributed by atoms with Gasteiger partial charge >= 0.3 is 5.97 Å². The molecule has 0 fully saturated rings. The number of nitriles is 1. The standard InChI is InChI=1S/C11H21N3O4S/c1-4-14(7-5-6-12)19(17,18)13-10(11(15)16)8-9(2)3/h9-10,13H,4-5,7-8H2,1-3H3,(H,15,16)/t10-/m1/s1. The highest BCUT2D eigenvalue weighted by Gasteiger charge is 2.28. The summed E-state index contributed by atoms with van der Waals surface area (Å²) >= 11 is 0. The first-order chi connectivity index (χ1) is 8.74. The zero-order valence-corrected chi connectivity index (χ0v) is 12.3. The van der Waals surface area contributed by atoms with Crippen LogP contribution in [0.15, 0.2) is 0 Å². The summed E-state index contributed by atoms with van der Waals surface area (Å²) in [6.45, 7) is 5.51. The number of hydrogen-bond donors (Lipinski definition) is 2. The summed E-state index contributed by atoms with van der Waals surface area (Å²) in [6.07, 6.45) is 0.279. The summed E-state index contributed by atoms with van der Waals surface area (Å²) < 4.78 is 27.2. The Balaban J connectivity index is 4.87. The molecule has 0 amide bonds. The molecule has 2 N–H and O–H groups in total. The third-order valence-electron chi connectivity index (χ3n) is 2.46. The molecule has 8 heteroatoms. The number of carbonyl (C=O) groups is 1. The second kappa shape index (κ2) is 8.09. The van der Waals surface area contributed by atoms with Gasteiger partial charge < -0.3 is 5.11 Å². The van der Waals surface area contributed by atoms with Crippen molar-refractivity contribution in [2.75, 3.05) is 13.1 Å². The Bertz CT molecular complexity index is 428. The summed E-state index contributed by atoms with van der Waals surface area (Å²) in [6, 6.07) is 0.711. The Morgan fingerprint density at radius 1 is 1.47 bits per heavy atom. The van der Waals surface area contributed by atoms with Crippen LogP contribution >= 0.6 is 0 Å². The average molecular weight is 291 g/mol. The number of nitrogens with one attached hydrogen (secondary N) is 1. The highest BCUT2D eigenvalue weighted by molar-refractivity contribution is 7.87. The largest absolute Gasteiger partial charge is 0.480 e. The van der Waals surface area contributed by atoms with Crippen LogP contribution in [0.3, 0.4) is 0 Å². The lowest BCUT2D eigenvalue weighted by Crippen LogP contribution is -2.49. The van der Waals surface area contributed by atoms with Crippen LogP contribution < -0.4 is 4.72 Å². The van der Waals surface area contributed by atoms with Gasteiger partial charge in [0.25, 0.3) is 10.2 Å². The highest BCUT2D eigenvalue weighted by atomic mass is 32.2. The van der Waals surface area contributed by atoms with E-state index in [4.69, 9.17) is 10.4 Å². The zero-order chi connectivity index (χ0) is 15.1. The van der Waals surface area contributed by atoms with E-state index in [-0.39, 0.29) is 31.8 Å². The maximum Gasteiger partial charge on any atom is 0.321 e. The quantitative estimate of drug-likeness (QED) is 0.644. The molecule has 0 heterocycles. The van der Waals surface area contributed by atoms with Gasteiger partial charge in [-0.25, -0.2) is 0 Å². The highest BCUT2D eigenvalue weighted by Crippen LogP contribution is 2.08. The van der Waals surface area contributed by atoms with E-state index in [1.165, 1.54) is 0 Å². The molecule has 0 aromatic carbocycles. The lowest BCUT2D eigenvalue weighted by atomic mass is 10.1. The van der Waals surface area contributed by atoms with E-state index >= 15 is 0 Å². The van der Waals surface area contributed by atoms with Crippen LogP contribution in [0.25, 0.3) is 0 Å². The summed E-state index contributed by atoms with van der Waals surface area (Å²) in [7, 11) is -3.88. The molecule has 0 rings (SSSR count). The van der Waals surface area contributed by atoms with Crippen LogP contribution in [0.4, 0.5) is 0 Å². The van der Waals surface area contributed by atoms with E-state index in [0.29, 0.717) is 0 Å². The van der Waals surface area contributed by atoms with Crippen LogP contribution in [0.5, 0.6) is 0 Å². The first kappa shape index (κ1) is 17.8. The van der Waals surface area contributed by atoms with E-state index < -0.39 is 22.2 Å². The minimum Gasteiger partial charge on any atom is -0.480 e. The Morgan fingerprint density at radius 3 is 2.42 bits per heavy atom. The predicted molar refractivity (Wildman–Crippen MR) is 70.4 cm³/mol. The van der Waals surface area contributed by atoms with Crippen molar-refractivity contribution in [1.29, 1.82) is 5.26 Å². The fourth-order valence-corrected chi connectivity index (χ4v) is 2.93. The minimum atomic E-state index is -3.88. The van der Waals surface area contributed by atoms with Crippen molar-refractivity contribution in [1.82, 2.24) is 9.03 Å². The van der Waals surface area contributed by atoms with Crippen molar-refractivity contribution in [3.63, 3.8) is 0 Å². The maximum absolute atomic E-state index is 12.0. The minimum absolute atomic E-state index is 0.0519. The van der Waals surface area contributed by atoms with Crippen LogP contribution in [0, 0.1) is 17.2 Å². The van der Waals surface area contributed by atoms with Gasteiger partial charge in [-0.1, -0.05) is 20.8 Å². The fraction of sp³-hybridized carbons (Fsp3) is 0.818. The SMILES string of the molecule is CCN(CCC#N)S(=O)(=O)N[C@H](CC(C)C)C(=O)O. The number of aliphatic carboxylic acids is 1. The second-order valence-electron chi connectivity index (χ2n) is 4.54. The zero-order valence-electron chi connectivity index (χ0n) is 11.5. The summed E-state index contributed by atoms with van der Waals surface area (Å²) in [5, 5.41) is 17.5. The number of nitrogens with zero attached hydrogens (tertiary/aromatic N) is 2. The number of carboxylic acids is 1. The van der Waals surface area contributed by atoms with Crippen LogP contribution in [-0.4, -0.2) is 42.9 Å². The summed E-state index contributed by atoms with van der Waals surface area (Å²) in [5.41, 5.74) is 0. The fourth-order valence-electron chi connectivity index (χ4n) is 1.55. The van der Waals surface area contributed by atoms with Gasteiger partial charge in [-0.2, -0.15) is 22.7 Å². The molecule has 1 atom stereocenters. The van der Waals surface area contributed by atoms with Gasteiger partial charge in [-0.15, -0.1) is 0 Å². The molecule has 0 aromatic heterocycles. The molecule has 0 saturated carbocycles. The van der Waals surface area contributed by atoms with Gasteiger partial charge in [0, 0.05) is 19.5 Å². The van der Waals surface area contributed by atoms with E-state index in [2.05, 4.69) is 4.72 Å². The third kappa shape index (κ3) is 6.52. The Labute approximate surface area is 114 Å². The van der Waals surface area contributed by atoms with Gasteiger partial charge in [-0.3, -0.25) is 4.79 Å². The lowest BCUT2D eigenvalue weighted by Gasteiger charge is -2.23. The van der Waals surface area contributed by atoms with Gasteiger partial charge in [-0.05, 0) is 12.3 Å². The van der Waals surface area contributed by atoms with Gasteiger partial charge in [0.05, 0.1) is 6.07 Å². The average Bonchev–Trinajstić information content (AvgIpc) is 2.27. The molecule has 0 saturated heterocycles. The van der Waals surface area contributed by atoms with Crippen molar-refractivity contribution in [2.45, 2.75) is 39.7 Å². The van der Waals surface area contributed by atoms with Crippen LogP contribution in [0.2, 0.25) is 0 Å². The second-order valence-corrected chi connectivity index (χ2v) is 6.25.